The molecule has 2 saturated heterocycles. The van der Waals surface area contributed by atoms with Crippen LogP contribution in [0, 0.1) is 5.82 Å². The third kappa shape index (κ3) is 4.11. The Bertz CT molecular complexity index is 913. The van der Waals surface area contributed by atoms with Crippen LogP contribution in [0.5, 0.6) is 5.75 Å². The fraction of sp³-hybridized carbons (Fsp3) is 0.333. The Morgan fingerprint density at radius 3 is 2.07 bits per heavy atom. The van der Waals surface area contributed by atoms with Crippen LogP contribution >= 0.6 is 0 Å². The van der Waals surface area contributed by atoms with Gasteiger partial charge in [-0.15, -0.1) is 0 Å². The lowest BCUT2D eigenvalue weighted by atomic mass is 10.1. The maximum atomic E-state index is 13.1. The summed E-state index contributed by atoms with van der Waals surface area (Å²) in [4.78, 5) is 30.6. The Kier molecular flexibility index (Phi) is 5.63. The number of imide groups is 1. The molecule has 1 unspecified atom stereocenters. The van der Waals surface area contributed by atoms with Crippen molar-refractivity contribution in [3.63, 3.8) is 0 Å². The fourth-order valence-corrected chi connectivity index (χ4v) is 3.89. The maximum absolute atomic E-state index is 13.1. The normalized spacial score (nSPS) is 20.3. The highest BCUT2D eigenvalue weighted by Crippen LogP contribution is 2.29. The molecule has 2 aromatic carbocycles. The third-order valence-corrected chi connectivity index (χ3v) is 5.39. The average Bonchev–Trinajstić information content (AvgIpc) is 3.03. The van der Waals surface area contributed by atoms with Crippen molar-refractivity contribution >= 4 is 23.2 Å². The van der Waals surface area contributed by atoms with E-state index in [0.717, 1.165) is 10.6 Å². The molecule has 0 bridgehead atoms. The summed E-state index contributed by atoms with van der Waals surface area (Å²) in [6, 6.07) is 11.2. The van der Waals surface area contributed by atoms with Gasteiger partial charge < -0.3 is 9.64 Å². The summed E-state index contributed by atoms with van der Waals surface area (Å²) in [5.41, 5.74) is 1.25. The van der Waals surface area contributed by atoms with Crippen molar-refractivity contribution in [3.8, 4) is 5.75 Å². The molecule has 1 atom stereocenters. The zero-order valence-corrected chi connectivity index (χ0v) is 16.0. The number of rotatable bonds is 5. The molecule has 0 aromatic heterocycles. The van der Waals surface area contributed by atoms with Gasteiger partial charge in [-0.25, -0.2) is 9.29 Å². The standard InChI is InChI=1S/C21H20F3N3O3/c22-14-1-3-15(4-2-14)25-9-11-26(12-10-25)18-13-19(28)27(20(18)29)16-5-7-17(8-6-16)30-21(23)24/h1-8,18,21H,9-13H2. The van der Waals surface area contributed by atoms with Crippen LogP contribution in [0.1, 0.15) is 6.42 Å². The van der Waals surface area contributed by atoms with Gasteiger partial charge in [0.1, 0.15) is 11.6 Å². The number of anilines is 2. The van der Waals surface area contributed by atoms with E-state index in [4.69, 9.17) is 0 Å². The molecule has 30 heavy (non-hydrogen) atoms. The summed E-state index contributed by atoms with van der Waals surface area (Å²) in [6.45, 7) is -0.442. The van der Waals surface area contributed by atoms with Gasteiger partial charge in [-0.2, -0.15) is 8.78 Å². The van der Waals surface area contributed by atoms with Gasteiger partial charge in [0, 0.05) is 31.9 Å². The topological polar surface area (TPSA) is 53.1 Å². The second-order valence-electron chi connectivity index (χ2n) is 7.16. The van der Waals surface area contributed by atoms with Crippen LogP contribution in [0.2, 0.25) is 0 Å². The number of ether oxygens (including phenoxy) is 1. The highest BCUT2D eigenvalue weighted by molar-refractivity contribution is 6.22. The van der Waals surface area contributed by atoms with Crippen LogP contribution in [0.15, 0.2) is 48.5 Å². The molecule has 158 valence electrons. The van der Waals surface area contributed by atoms with E-state index in [0.29, 0.717) is 31.9 Å². The van der Waals surface area contributed by atoms with Gasteiger partial charge in [-0.1, -0.05) is 0 Å². The highest BCUT2D eigenvalue weighted by Gasteiger charge is 2.43. The first-order valence-electron chi connectivity index (χ1n) is 9.58. The van der Waals surface area contributed by atoms with E-state index < -0.39 is 12.7 Å². The SMILES string of the molecule is O=C1CC(N2CCN(c3ccc(F)cc3)CC2)C(=O)N1c1ccc(OC(F)F)cc1. The van der Waals surface area contributed by atoms with Crippen molar-refractivity contribution in [1.29, 1.82) is 0 Å². The van der Waals surface area contributed by atoms with Crippen molar-refractivity contribution in [2.24, 2.45) is 0 Å². The summed E-state index contributed by atoms with van der Waals surface area (Å²) >= 11 is 0. The average molecular weight is 419 g/mol. The first-order valence-corrected chi connectivity index (χ1v) is 9.58. The molecule has 2 aliphatic heterocycles. The van der Waals surface area contributed by atoms with Crippen LogP contribution < -0.4 is 14.5 Å². The lowest BCUT2D eigenvalue weighted by Gasteiger charge is -2.38. The molecule has 2 aliphatic rings. The van der Waals surface area contributed by atoms with Crippen LogP contribution in [-0.2, 0) is 9.59 Å². The second-order valence-corrected chi connectivity index (χ2v) is 7.16. The first kappa shape index (κ1) is 20.2. The van der Waals surface area contributed by atoms with E-state index in [-0.39, 0.29) is 29.8 Å². The zero-order chi connectivity index (χ0) is 21.3. The van der Waals surface area contributed by atoms with E-state index in [1.807, 2.05) is 4.90 Å². The predicted octanol–water partition coefficient (Wildman–Crippen LogP) is 2.88. The van der Waals surface area contributed by atoms with E-state index in [2.05, 4.69) is 9.64 Å². The zero-order valence-electron chi connectivity index (χ0n) is 16.0. The number of alkyl halides is 2. The fourth-order valence-electron chi connectivity index (χ4n) is 3.89. The van der Waals surface area contributed by atoms with E-state index >= 15 is 0 Å². The molecule has 4 rings (SSSR count). The van der Waals surface area contributed by atoms with Crippen molar-refractivity contribution in [2.45, 2.75) is 19.1 Å². The number of piperazine rings is 1. The summed E-state index contributed by atoms with van der Waals surface area (Å²) in [7, 11) is 0. The highest BCUT2D eigenvalue weighted by atomic mass is 19.3. The molecule has 2 fully saturated rings. The molecule has 0 radical (unpaired) electrons. The minimum atomic E-state index is -2.94. The molecule has 0 spiro atoms. The Labute approximate surface area is 171 Å². The van der Waals surface area contributed by atoms with Gasteiger partial charge in [0.15, 0.2) is 0 Å². The third-order valence-electron chi connectivity index (χ3n) is 5.39. The number of carbonyl (C=O) groups excluding carboxylic acids is 2. The van der Waals surface area contributed by atoms with Crippen molar-refractivity contribution < 1.29 is 27.5 Å². The van der Waals surface area contributed by atoms with Crippen LogP contribution in [-0.4, -0.2) is 55.5 Å². The number of halogens is 3. The van der Waals surface area contributed by atoms with Gasteiger partial charge in [0.05, 0.1) is 18.2 Å². The Morgan fingerprint density at radius 2 is 1.47 bits per heavy atom. The number of benzene rings is 2. The predicted molar refractivity (Wildman–Crippen MR) is 104 cm³/mol. The molecule has 2 heterocycles. The van der Waals surface area contributed by atoms with E-state index in [1.54, 1.807) is 12.1 Å². The summed E-state index contributed by atoms with van der Waals surface area (Å²) < 4.78 is 42.0. The van der Waals surface area contributed by atoms with Gasteiger partial charge in [-0.05, 0) is 48.5 Å². The van der Waals surface area contributed by atoms with Crippen LogP contribution in [0.4, 0.5) is 24.5 Å². The summed E-state index contributed by atoms with van der Waals surface area (Å²) in [5.74, 6) is -0.978. The molecule has 0 N–H and O–H groups in total. The van der Waals surface area contributed by atoms with Crippen LogP contribution in [0.25, 0.3) is 0 Å². The largest absolute Gasteiger partial charge is 0.435 e. The van der Waals surface area contributed by atoms with Crippen molar-refractivity contribution in [2.75, 3.05) is 36.0 Å². The molecular weight excluding hydrogens is 399 g/mol. The number of nitrogens with zero attached hydrogens (tertiary/aromatic N) is 3. The Morgan fingerprint density at radius 1 is 0.867 bits per heavy atom. The number of hydrogen-bond acceptors (Lipinski definition) is 5. The van der Waals surface area contributed by atoms with Crippen LogP contribution in [0.3, 0.4) is 0 Å². The number of amides is 2. The van der Waals surface area contributed by atoms with Crippen molar-refractivity contribution in [1.82, 2.24) is 4.90 Å². The molecule has 0 aliphatic carbocycles. The number of hydrogen-bond donors (Lipinski definition) is 0. The molecule has 2 amide bonds. The lowest BCUT2D eigenvalue weighted by Crippen LogP contribution is -2.52. The van der Waals surface area contributed by atoms with Gasteiger partial charge in [0.25, 0.3) is 5.91 Å². The Balaban J connectivity index is 1.40. The van der Waals surface area contributed by atoms with Gasteiger partial charge in [0.2, 0.25) is 5.91 Å². The lowest BCUT2D eigenvalue weighted by molar-refractivity contribution is -0.123. The van der Waals surface area contributed by atoms with E-state index in [1.165, 1.54) is 36.4 Å². The second kappa shape index (κ2) is 8.35. The maximum Gasteiger partial charge on any atom is 0.387 e. The summed E-state index contributed by atoms with van der Waals surface area (Å²) in [5, 5.41) is 0. The smallest absolute Gasteiger partial charge is 0.387 e. The molecule has 0 saturated carbocycles. The van der Waals surface area contributed by atoms with Gasteiger partial charge >= 0.3 is 6.61 Å². The van der Waals surface area contributed by atoms with Crippen molar-refractivity contribution in [3.05, 3.63) is 54.3 Å². The first-order chi connectivity index (χ1) is 14.4. The molecule has 6 nitrogen and oxygen atoms in total. The quantitative estimate of drug-likeness (QED) is 0.698. The molecule has 9 heteroatoms. The van der Waals surface area contributed by atoms with Gasteiger partial charge in [-0.3, -0.25) is 14.5 Å². The molecule has 2 aromatic rings. The van der Waals surface area contributed by atoms with E-state index in [9.17, 15) is 22.8 Å². The summed E-state index contributed by atoms with van der Waals surface area (Å²) in [6.07, 6.45) is 0.0741. The minimum absolute atomic E-state index is 0.0405. The number of carbonyl (C=O) groups is 2. The minimum Gasteiger partial charge on any atom is -0.435 e. The molecular formula is C21H20F3N3O3. The Hall–Kier alpha value is -3.07. The monoisotopic (exact) mass is 419 g/mol.